The maximum atomic E-state index is 12.1. The summed E-state index contributed by atoms with van der Waals surface area (Å²) in [5.41, 5.74) is 2.75. The highest BCUT2D eigenvalue weighted by Gasteiger charge is 2.09. The predicted molar refractivity (Wildman–Crippen MR) is 116 cm³/mol. The zero-order chi connectivity index (χ0) is 19.9. The van der Waals surface area contributed by atoms with Crippen molar-refractivity contribution in [2.75, 3.05) is 42.5 Å². The van der Waals surface area contributed by atoms with Crippen molar-refractivity contribution in [2.45, 2.75) is 4.34 Å². The third kappa shape index (κ3) is 5.61. The van der Waals surface area contributed by atoms with E-state index in [9.17, 15) is 4.79 Å². The maximum absolute atomic E-state index is 12.1. The molecule has 146 valence electrons. The number of ether oxygens (including phenoxy) is 1. The number of rotatable bonds is 8. The number of amides is 1. The van der Waals surface area contributed by atoms with Crippen LogP contribution in [0.15, 0.2) is 52.9 Å². The molecule has 1 heterocycles. The Labute approximate surface area is 172 Å². The van der Waals surface area contributed by atoms with E-state index >= 15 is 0 Å². The quantitative estimate of drug-likeness (QED) is 0.537. The highest BCUT2D eigenvalue weighted by atomic mass is 32.2. The smallest absolute Gasteiger partial charge is 0.234 e. The average Bonchev–Trinajstić information content (AvgIpc) is 3.15. The first-order valence-corrected chi connectivity index (χ1v) is 10.3. The third-order valence-corrected chi connectivity index (χ3v) is 5.71. The zero-order valence-electron chi connectivity index (χ0n) is 15.8. The van der Waals surface area contributed by atoms with Crippen LogP contribution in [0.25, 0.3) is 0 Å². The number of hydrogen-bond donors (Lipinski definition) is 2. The van der Waals surface area contributed by atoms with E-state index < -0.39 is 0 Å². The van der Waals surface area contributed by atoms with Crippen LogP contribution in [0, 0.1) is 0 Å². The molecule has 3 aromatic rings. The van der Waals surface area contributed by atoms with Gasteiger partial charge in [0.1, 0.15) is 5.75 Å². The number of nitrogens with zero attached hydrogens (tertiary/aromatic N) is 3. The summed E-state index contributed by atoms with van der Waals surface area (Å²) in [5.74, 6) is 0.982. The molecule has 0 radical (unpaired) electrons. The maximum Gasteiger partial charge on any atom is 0.234 e. The molecule has 0 bridgehead atoms. The Hall–Kier alpha value is -2.78. The van der Waals surface area contributed by atoms with Crippen LogP contribution in [-0.4, -0.2) is 43.1 Å². The molecule has 0 saturated carbocycles. The van der Waals surface area contributed by atoms with Crippen LogP contribution in [0.3, 0.4) is 0 Å². The molecule has 3 rings (SSSR count). The molecule has 1 amide bonds. The Bertz CT molecular complexity index is 911. The zero-order valence-corrected chi connectivity index (χ0v) is 17.4. The van der Waals surface area contributed by atoms with E-state index in [0.717, 1.165) is 27.2 Å². The molecule has 0 spiro atoms. The van der Waals surface area contributed by atoms with Crippen LogP contribution in [-0.2, 0) is 4.79 Å². The van der Waals surface area contributed by atoms with Crippen molar-refractivity contribution in [1.29, 1.82) is 0 Å². The van der Waals surface area contributed by atoms with Gasteiger partial charge in [-0.05, 0) is 48.5 Å². The number of methoxy groups -OCH3 is 1. The minimum Gasteiger partial charge on any atom is -0.497 e. The Morgan fingerprint density at radius 3 is 2.39 bits per heavy atom. The van der Waals surface area contributed by atoms with Crippen molar-refractivity contribution in [3.05, 3.63) is 48.5 Å². The van der Waals surface area contributed by atoms with Gasteiger partial charge in [-0.25, -0.2) is 0 Å². The molecule has 0 aliphatic carbocycles. The third-order valence-electron chi connectivity index (χ3n) is 3.74. The molecule has 0 fully saturated rings. The summed E-state index contributed by atoms with van der Waals surface area (Å²) < 4.78 is 5.87. The van der Waals surface area contributed by atoms with Gasteiger partial charge in [0, 0.05) is 31.2 Å². The molecule has 1 aromatic heterocycles. The van der Waals surface area contributed by atoms with E-state index in [0.29, 0.717) is 5.13 Å². The lowest BCUT2D eigenvalue weighted by Gasteiger charge is -2.12. The second kappa shape index (κ2) is 9.43. The standard InChI is InChI=1S/C19H21N5O2S2/c1-24(2)15-8-4-13(5-9-15)20-17(25)12-27-19-23-22-18(28-19)21-14-6-10-16(26-3)11-7-14/h4-11H,12H2,1-3H3,(H,20,25)(H,21,22). The molecule has 0 atom stereocenters. The van der Waals surface area contributed by atoms with E-state index in [1.807, 2.05) is 67.5 Å². The largest absolute Gasteiger partial charge is 0.497 e. The minimum atomic E-state index is -0.0810. The van der Waals surface area contributed by atoms with Gasteiger partial charge in [-0.15, -0.1) is 10.2 Å². The van der Waals surface area contributed by atoms with Gasteiger partial charge in [-0.1, -0.05) is 23.1 Å². The molecule has 7 nitrogen and oxygen atoms in total. The first-order valence-electron chi connectivity index (χ1n) is 8.48. The normalized spacial score (nSPS) is 10.4. The van der Waals surface area contributed by atoms with Gasteiger partial charge in [-0.2, -0.15) is 0 Å². The number of hydrogen-bond acceptors (Lipinski definition) is 8. The van der Waals surface area contributed by atoms with Crippen molar-refractivity contribution >= 4 is 51.2 Å². The van der Waals surface area contributed by atoms with Crippen molar-refractivity contribution in [2.24, 2.45) is 0 Å². The van der Waals surface area contributed by atoms with Gasteiger partial charge in [-0.3, -0.25) is 4.79 Å². The van der Waals surface area contributed by atoms with Gasteiger partial charge in [0.2, 0.25) is 11.0 Å². The summed E-state index contributed by atoms with van der Waals surface area (Å²) >= 11 is 2.76. The monoisotopic (exact) mass is 415 g/mol. The molecule has 28 heavy (non-hydrogen) atoms. The van der Waals surface area contributed by atoms with Crippen LogP contribution >= 0.6 is 23.1 Å². The second-order valence-electron chi connectivity index (χ2n) is 6.00. The summed E-state index contributed by atoms with van der Waals surface area (Å²) in [7, 11) is 5.58. The molecule has 9 heteroatoms. The molecular weight excluding hydrogens is 394 g/mol. The van der Waals surface area contributed by atoms with Crippen LogP contribution in [0.1, 0.15) is 0 Å². The number of carbonyl (C=O) groups excluding carboxylic acids is 1. The van der Waals surface area contributed by atoms with Crippen LogP contribution in [0.5, 0.6) is 5.75 Å². The first-order chi connectivity index (χ1) is 13.5. The first kappa shape index (κ1) is 20.0. The number of aromatic nitrogens is 2. The van der Waals surface area contributed by atoms with Gasteiger partial charge in [0.15, 0.2) is 4.34 Å². The van der Waals surface area contributed by atoms with E-state index in [2.05, 4.69) is 20.8 Å². The van der Waals surface area contributed by atoms with E-state index in [1.165, 1.54) is 23.1 Å². The Morgan fingerprint density at radius 2 is 1.75 bits per heavy atom. The van der Waals surface area contributed by atoms with Crippen molar-refractivity contribution in [3.8, 4) is 5.75 Å². The summed E-state index contributed by atoms with van der Waals surface area (Å²) in [4.78, 5) is 14.2. The molecule has 2 N–H and O–H groups in total. The van der Waals surface area contributed by atoms with E-state index in [-0.39, 0.29) is 11.7 Å². The van der Waals surface area contributed by atoms with Gasteiger partial charge in [0.05, 0.1) is 12.9 Å². The van der Waals surface area contributed by atoms with Gasteiger partial charge >= 0.3 is 0 Å². The van der Waals surface area contributed by atoms with E-state index in [1.54, 1.807) is 7.11 Å². The summed E-state index contributed by atoms with van der Waals surface area (Å²) in [6.07, 6.45) is 0. The number of benzene rings is 2. The average molecular weight is 416 g/mol. The lowest BCUT2D eigenvalue weighted by Crippen LogP contribution is -2.14. The molecule has 2 aromatic carbocycles. The van der Waals surface area contributed by atoms with Crippen molar-refractivity contribution in [3.63, 3.8) is 0 Å². The number of thioether (sulfide) groups is 1. The Kier molecular flexibility index (Phi) is 6.72. The van der Waals surface area contributed by atoms with Crippen molar-refractivity contribution in [1.82, 2.24) is 10.2 Å². The van der Waals surface area contributed by atoms with Gasteiger partial charge in [0.25, 0.3) is 0 Å². The Morgan fingerprint density at radius 1 is 1.07 bits per heavy atom. The summed E-state index contributed by atoms with van der Waals surface area (Å²) in [6.45, 7) is 0. The number of anilines is 4. The molecule has 0 unspecified atom stereocenters. The SMILES string of the molecule is COc1ccc(Nc2nnc(SCC(=O)Nc3ccc(N(C)C)cc3)s2)cc1. The predicted octanol–water partition coefficient (Wildman–Crippen LogP) is 4.09. The topological polar surface area (TPSA) is 79.4 Å². The lowest BCUT2D eigenvalue weighted by molar-refractivity contribution is -0.113. The van der Waals surface area contributed by atoms with E-state index in [4.69, 9.17) is 4.74 Å². The lowest BCUT2D eigenvalue weighted by atomic mass is 10.2. The molecule has 0 aliphatic rings. The number of nitrogens with one attached hydrogen (secondary N) is 2. The minimum absolute atomic E-state index is 0.0810. The second-order valence-corrected chi connectivity index (χ2v) is 8.20. The highest BCUT2D eigenvalue weighted by molar-refractivity contribution is 8.01. The van der Waals surface area contributed by atoms with Crippen LogP contribution < -0.4 is 20.3 Å². The highest BCUT2D eigenvalue weighted by Crippen LogP contribution is 2.28. The molecule has 0 aliphatic heterocycles. The Balaban J connectivity index is 1.48. The van der Waals surface area contributed by atoms with Crippen LogP contribution in [0.2, 0.25) is 0 Å². The van der Waals surface area contributed by atoms with Gasteiger partial charge < -0.3 is 20.3 Å². The molecule has 0 saturated heterocycles. The fourth-order valence-electron chi connectivity index (χ4n) is 2.28. The summed E-state index contributed by atoms with van der Waals surface area (Å²) in [6, 6.07) is 15.3. The number of carbonyl (C=O) groups is 1. The fraction of sp³-hybridized carbons (Fsp3) is 0.211. The fourth-order valence-corrected chi connectivity index (χ4v) is 3.86. The van der Waals surface area contributed by atoms with Crippen LogP contribution in [0.4, 0.5) is 22.2 Å². The summed E-state index contributed by atoms with van der Waals surface area (Å²) in [5, 5.41) is 15.0. The molecular formula is C19H21N5O2S2. The van der Waals surface area contributed by atoms with Crippen molar-refractivity contribution < 1.29 is 9.53 Å².